The van der Waals surface area contributed by atoms with E-state index in [-0.39, 0.29) is 0 Å². The molecule has 3 nitrogen and oxygen atoms in total. The van der Waals surface area contributed by atoms with Crippen LogP contribution in [0.1, 0.15) is 52.5 Å². The zero-order valence-corrected chi connectivity index (χ0v) is 14.5. The second kappa shape index (κ2) is 7.49. The SMILES string of the molecule is CCC(CC)CC(=O)C(C)(C)c1ccc(-c2cncnc2)cc1. The molecule has 0 spiro atoms. The third-order valence-electron chi connectivity index (χ3n) is 4.83. The highest BCUT2D eigenvalue weighted by Gasteiger charge is 2.30. The average molecular weight is 310 g/mol. The first-order valence-electron chi connectivity index (χ1n) is 8.38. The van der Waals surface area contributed by atoms with Crippen LogP contribution in [0.25, 0.3) is 11.1 Å². The summed E-state index contributed by atoms with van der Waals surface area (Å²) in [6, 6.07) is 8.18. The van der Waals surface area contributed by atoms with Crippen LogP contribution >= 0.6 is 0 Å². The van der Waals surface area contributed by atoms with Crippen LogP contribution < -0.4 is 0 Å². The maximum Gasteiger partial charge on any atom is 0.143 e. The van der Waals surface area contributed by atoms with Crippen LogP contribution in [-0.2, 0) is 10.2 Å². The molecule has 0 fully saturated rings. The zero-order chi connectivity index (χ0) is 16.9. The number of hydrogen-bond donors (Lipinski definition) is 0. The Morgan fingerprint density at radius 3 is 2.09 bits per heavy atom. The van der Waals surface area contributed by atoms with E-state index in [9.17, 15) is 4.79 Å². The van der Waals surface area contributed by atoms with Gasteiger partial charge in [-0.3, -0.25) is 4.79 Å². The molecule has 0 saturated heterocycles. The topological polar surface area (TPSA) is 42.9 Å². The van der Waals surface area contributed by atoms with Crippen molar-refractivity contribution >= 4 is 5.78 Å². The largest absolute Gasteiger partial charge is 0.299 e. The number of carbonyl (C=O) groups excluding carboxylic acids is 1. The van der Waals surface area contributed by atoms with Crippen LogP contribution in [0, 0.1) is 5.92 Å². The molecule has 0 bridgehead atoms. The second-order valence-electron chi connectivity index (χ2n) is 6.64. The lowest BCUT2D eigenvalue weighted by Gasteiger charge is -2.26. The number of aromatic nitrogens is 2. The fourth-order valence-corrected chi connectivity index (χ4v) is 2.78. The van der Waals surface area contributed by atoms with Gasteiger partial charge in [0, 0.05) is 29.8 Å². The van der Waals surface area contributed by atoms with E-state index in [1.165, 1.54) is 6.33 Å². The molecule has 122 valence electrons. The molecule has 0 unspecified atom stereocenters. The van der Waals surface area contributed by atoms with E-state index in [4.69, 9.17) is 0 Å². The molecular formula is C20H26N2O. The lowest BCUT2D eigenvalue weighted by atomic mass is 9.76. The summed E-state index contributed by atoms with van der Waals surface area (Å²) in [6.07, 6.45) is 7.90. The van der Waals surface area contributed by atoms with E-state index in [1.54, 1.807) is 12.4 Å². The highest BCUT2D eigenvalue weighted by atomic mass is 16.1. The van der Waals surface area contributed by atoms with Crippen molar-refractivity contribution < 1.29 is 4.79 Å². The Bertz CT molecular complexity index is 628. The molecule has 0 aliphatic carbocycles. The minimum atomic E-state index is -0.450. The Hall–Kier alpha value is -2.03. The van der Waals surface area contributed by atoms with Crippen molar-refractivity contribution in [2.75, 3.05) is 0 Å². The number of carbonyl (C=O) groups is 1. The van der Waals surface area contributed by atoms with Gasteiger partial charge in [0.05, 0.1) is 0 Å². The van der Waals surface area contributed by atoms with Crippen LogP contribution in [0.2, 0.25) is 0 Å². The summed E-state index contributed by atoms with van der Waals surface area (Å²) in [4.78, 5) is 20.8. The molecule has 1 aromatic carbocycles. The quantitative estimate of drug-likeness (QED) is 0.736. The Labute approximate surface area is 139 Å². The molecule has 0 radical (unpaired) electrons. The summed E-state index contributed by atoms with van der Waals surface area (Å²) in [5.41, 5.74) is 2.67. The van der Waals surface area contributed by atoms with Crippen molar-refractivity contribution in [3.8, 4) is 11.1 Å². The molecule has 3 heteroatoms. The van der Waals surface area contributed by atoms with Gasteiger partial charge in [-0.25, -0.2) is 9.97 Å². The number of hydrogen-bond acceptors (Lipinski definition) is 3. The second-order valence-corrected chi connectivity index (χ2v) is 6.64. The van der Waals surface area contributed by atoms with Crippen molar-refractivity contribution in [2.24, 2.45) is 5.92 Å². The van der Waals surface area contributed by atoms with Crippen molar-refractivity contribution in [3.63, 3.8) is 0 Å². The Morgan fingerprint density at radius 2 is 1.57 bits per heavy atom. The smallest absolute Gasteiger partial charge is 0.143 e. The van der Waals surface area contributed by atoms with E-state index < -0.39 is 5.41 Å². The molecule has 23 heavy (non-hydrogen) atoms. The number of benzene rings is 1. The number of rotatable bonds is 7. The molecule has 0 aliphatic heterocycles. The first kappa shape index (κ1) is 17.3. The van der Waals surface area contributed by atoms with Gasteiger partial charge in [-0.15, -0.1) is 0 Å². The van der Waals surface area contributed by atoms with Gasteiger partial charge in [-0.1, -0.05) is 51.0 Å². The van der Waals surface area contributed by atoms with Gasteiger partial charge >= 0.3 is 0 Å². The van der Waals surface area contributed by atoms with E-state index in [0.29, 0.717) is 18.1 Å². The number of nitrogens with zero attached hydrogens (tertiary/aromatic N) is 2. The Kier molecular flexibility index (Phi) is 5.64. The molecule has 0 atom stereocenters. The molecule has 2 rings (SSSR count). The minimum Gasteiger partial charge on any atom is -0.299 e. The normalized spacial score (nSPS) is 11.7. The highest BCUT2D eigenvalue weighted by molar-refractivity contribution is 5.89. The fourth-order valence-electron chi connectivity index (χ4n) is 2.78. The van der Waals surface area contributed by atoms with Crippen LogP contribution in [0.3, 0.4) is 0 Å². The van der Waals surface area contributed by atoms with Crippen molar-refractivity contribution in [1.29, 1.82) is 0 Å². The van der Waals surface area contributed by atoms with Crippen LogP contribution in [0.15, 0.2) is 43.0 Å². The standard InChI is InChI=1S/C20H26N2O/c1-5-15(6-2)11-19(23)20(3,4)18-9-7-16(8-10-18)17-12-21-14-22-13-17/h7-10,12-15H,5-6,11H2,1-4H3. The number of Topliss-reactive ketones (excluding diaryl/α,β-unsaturated/α-hetero) is 1. The van der Waals surface area contributed by atoms with E-state index >= 15 is 0 Å². The van der Waals surface area contributed by atoms with E-state index in [1.807, 2.05) is 38.1 Å². The third kappa shape index (κ3) is 4.04. The molecule has 1 heterocycles. The highest BCUT2D eigenvalue weighted by Crippen LogP contribution is 2.30. The Balaban J connectivity index is 2.18. The summed E-state index contributed by atoms with van der Waals surface area (Å²) in [5.74, 6) is 0.810. The van der Waals surface area contributed by atoms with E-state index in [0.717, 1.165) is 29.5 Å². The lowest BCUT2D eigenvalue weighted by molar-refractivity contribution is -0.124. The van der Waals surface area contributed by atoms with E-state index in [2.05, 4.69) is 23.8 Å². The van der Waals surface area contributed by atoms with Gasteiger partial charge in [0.1, 0.15) is 12.1 Å². The monoisotopic (exact) mass is 310 g/mol. The summed E-state index contributed by atoms with van der Waals surface area (Å²) < 4.78 is 0. The van der Waals surface area contributed by atoms with Crippen molar-refractivity contribution in [3.05, 3.63) is 48.5 Å². The maximum atomic E-state index is 12.7. The van der Waals surface area contributed by atoms with Gasteiger partial charge < -0.3 is 0 Å². The first-order valence-corrected chi connectivity index (χ1v) is 8.38. The minimum absolute atomic E-state index is 0.321. The fraction of sp³-hybridized carbons (Fsp3) is 0.450. The summed E-state index contributed by atoms with van der Waals surface area (Å²) >= 11 is 0. The number of ketones is 1. The summed E-state index contributed by atoms with van der Waals surface area (Å²) in [6.45, 7) is 8.37. The molecule has 2 aromatic rings. The van der Waals surface area contributed by atoms with Gasteiger partial charge in [0.2, 0.25) is 0 Å². The van der Waals surface area contributed by atoms with Crippen LogP contribution in [0.4, 0.5) is 0 Å². The van der Waals surface area contributed by atoms with Gasteiger partial charge in [0.15, 0.2) is 0 Å². The molecule has 0 aliphatic rings. The Morgan fingerprint density at radius 1 is 1.00 bits per heavy atom. The van der Waals surface area contributed by atoms with Crippen LogP contribution in [-0.4, -0.2) is 15.8 Å². The van der Waals surface area contributed by atoms with Gasteiger partial charge in [0.25, 0.3) is 0 Å². The summed E-state index contributed by atoms with van der Waals surface area (Å²) in [7, 11) is 0. The predicted octanol–water partition coefficient (Wildman–Crippen LogP) is 4.82. The summed E-state index contributed by atoms with van der Waals surface area (Å²) in [5, 5.41) is 0. The van der Waals surface area contributed by atoms with Gasteiger partial charge in [-0.2, -0.15) is 0 Å². The molecule has 1 aromatic heterocycles. The molecule has 0 N–H and O–H groups in total. The van der Waals surface area contributed by atoms with Crippen LogP contribution in [0.5, 0.6) is 0 Å². The molecule has 0 amide bonds. The predicted molar refractivity (Wildman–Crippen MR) is 94.2 cm³/mol. The third-order valence-corrected chi connectivity index (χ3v) is 4.83. The lowest BCUT2D eigenvalue weighted by Crippen LogP contribution is -2.30. The van der Waals surface area contributed by atoms with Crippen molar-refractivity contribution in [2.45, 2.75) is 52.4 Å². The molecule has 0 saturated carbocycles. The maximum absolute atomic E-state index is 12.7. The molecular weight excluding hydrogens is 284 g/mol. The zero-order valence-electron chi connectivity index (χ0n) is 14.5. The van der Waals surface area contributed by atoms with Crippen molar-refractivity contribution in [1.82, 2.24) is 9.97 Å². The average Bonchev–Trinajstić information content (AvgIpc) is 2.60. The van der Waals surface area contributed by atoms with Gasteiger partial charge in [-0.05, 0) is 30.9 Å². The first-order chi connectivity index (χ1) is 11.0.